The molecular formula is C9H19NO2. The van der Waals surface area contributed by atoms with E-state index >= 15 is 0 Å². The van der Waals surface area contributed by atoms with Crippen molar-refractivity contribution in [1.82, 2.24) is 4.90 Å². The standard InChI is InChI=1S/C9H19NO2/c1-4-6-10(7-5-2)9(11)8-12-3/h4-8H2,1-3H3. The molecule has 3 nitrogen and oxygen atoms in total. The Hall–Kier alpha value is -0.570. The van der Waals surface area contributed by atoms with E-state index in [0.717, 1.165) is 25.9 Å². The topological polar surface area (TPSA) is 29.5 Å². The molecule has 0 heterocycles. The summed E-state index contributed by atoms with van der Waals surface area (Å²) in [5.41, 5.74) is 0. The van der Waals surface area contributed by atoms with Crippen molar-refractivity contribution in [1.29, 1.82) is 0 Å². The number of amides is 1. The van der Waals surface area contributed by atoms with Crippen LogP contribution in [0.3, 0.4) is 0 Å². The molecule has 0 radical (unpaired) electrons. The van der Waals surface area contributed by atoms with Gasteiger partial charge in [-0.3, -0.25) is 4.79 Å². The highest BCUT2D eigenvalue weighted by molar-refractivity contribution is 5.77. The van der Waals surface area contributed by atoms with Crippen LogP contribution >= 0.6 is 0 Å². The first-order valence-electron chi connectivity index (χ1n) is 4.52. The Labute approximate surface area is 74.7 Å². The molecule has 0 N–H and O–H groups in total. The van der Waals surface area contributed by atoms with E-state index in [1.165, 1.54) is 0 Å². The molecule has 1 amide bonds. The normalized spacial score (nSPS) is 9.92. The van der Waals surface area contributed by atoms with Crippen molar-refractivity contribution in [3.63, 3.8) is 0 Å². The van der Waals surface area contributed by atoms with Gasteiger partial charge in [0.1, 0.15) is 6.61 Å². The molecule has 0 atom stereocenters. The molecule has 0 saturated heterocycles. The van der Waals surface area contributed by atoms with Crippen molar-refractivity contribution in [2.45, 2.75) is 26.7 Å². The quantitative estimate of drug-likeness (QED) is 0.605. The van der Waals surface area contributed by atoms with Gasteiger partial charge in [0, 0.05) is 20.2 Å². The number of rotatable bonds is 6. The third-order valence-electron chi connectivity index (χ3n) is 1.61. The Kier molecular flexibility index (Phi) is 6.76. The second-order valence-corrected chi connectivity index (χ2v) is 2.81. The zero-order valence-electron chi connectivity index (χ0n) is 8.30. The summed E-state index contributed by atoms with van der Waals surface area (Å²) in [6.45, 7) is 6.04. The number of nitrogens with zero attached hydrogens (tertiary/aromatic N) is 1. The molecule has 0 aromatic carbocycles. The molecule has 0 aliphatic carbocycles. The lowest BCUT2D eigenvalue weighted by molar-refractivity contribution is -0.135. The highest BCUT2D eigenvalue weighted by Crippen LogP contribution is 1.95. The molecular weight excluding hydrogens is 154 g/mol. The first-order chi connectivity index (χ1) is 5.76. The summed E-state index contributed by atoms with van der Waals surface area (Å²) >= 11 is 0. The van der Waals surface area contributed by atoms with E-state index in [1.54, 1.807) is 7.11 Å². The molecule has 0 saturated carbocycles. The van der Waals surface area contributed by atoms with Crippen molar-refractivity contribution in [2.75, 3.05) is 26.8 Å². The monoisotopic (exact) mass is 173 g/mol. The molecule has 72 valence electrons. The Morgan fingerprint density at radius 3 is 2.08 bits per heavy atom. The van der Waals surface area contributed by atoms with Crippen molar-refractivity contribution in [2.24, 2.45) is 0 Å². The van der Waals surface area contributed by atoms with Gasteiger partial charge in [0.2, 0.25) is 5.91 Å². The summed E-state index contributed by atoms with van der Waals surface area (Å²) in [7, 11) is 1.55. The SMILES string of the molecule is CCCN(CCC)C(=O)COC. The van der Waals surface area contributed by atoms with Gasteiger partial charge in [0.15, 0.2) is 0 Å². The van der Waals surface area contributed by atoms with Gasteiger partial charge in [0.25, 0.3) is 0 Å². The van der Waals surface area contributed by atoms with Crippen molar-refractivity contribution in [3.05, 3.63) is 0 Å². The van der Waals surface area contributed by atoms with E-state index in [9.17, 15) is 4.79 Å². The number of hydrogen-bond acceptors (Lipinski definition) is 2. The minimum Gasteiger partial charge on any atom is -0.375 e. The van der Waals surface area contributed by atoms with Crippen LogP contribution in [0.4, 0.5) is 0 Å². The van der Waals surface area contributed by atoms with Crippen LogP contribution in [-0.2, 0) is 9.53 Å². The Bertz CT molecular complexity index is 120. The molecule has 0 aromatic rings. The number of carbonyl (C=O) groups excluding carboxylic acids is 1. The molecule has 12 heavy (non-hydrogen) atoms. The van der Waals surface area contributed by atoms with Crippen LogP contribution in [0.25, 0.3) is 0 Å². The fourth-order valence-corrected chi connectivity index (χ4v) is 1.12. The Morgan fingerprint density at radius 2 is 1.75 bits per heavy atom. The Morgan fingerprint density at radius 1 is 1.25 bits per heavy atom. The number of hydrogen-bond donors (Lipinski definition) is 0. The van der Waals surface area contributed by atoms with Crippen LogP contribution in [-0.4, -0.2) is 37.6 Å². The van der Waals surface area contributed by atoms with E-state index in [2.05, 4.69) is 13.8 Å². The highest BCUT2D eigenvalue weighted by atomic mass is 16.5. The van der Waals surface area contributed by atoms with Gasteiger partial charge in [-0.15, -0.1) is 0 Å². The molecule has 0 fully saturated rings. The minimum absolute atomic E-state index is 0.0983. The van der Waals surface area contributed by atoms with Gasteiger partial charge in [-0.05, 0) is 12.8 Å². The molecule has 0 rings (SSSR count). The summed E-state index contributed by atoms with van der Waals surface area (Å²) in [6, 6.07) is 0. The average molecular weight is 173 g/mol. The maximum absolute atomic E-state index is 11.3. The van der Waals surface area contributed by atoms with Gasteiger partial charge in [0.05, 0.1) is 0 Å². The van der Waals surface area contributed by atoms with Gasteiger partial charge < -0.3 is 9.64 Å². The number of ether oxygens (including phenoxy) is 1. The fourth-order valence-electron chi connectivity index (χ4n) is 1.12. The molecule has 0 aliphatic heterocycles. The second kappa shape index (κ2) is 7.10. The van der Waals surface area contributed by atoms with E-state index in [0.29, 0.717) is 0 Å². The maximum atomic E-state index is 11.3. The Balaban J connectivity index is 3.81. The van der Waals surface area contributed by atoms with Gasteiger partial charge in [-0.2, -0.15) is 0 Å². The first-order valence-corrected chi connectivity index (χ1v) is 4.52. The predicted molar refractivity (Wildman–Crippen MR) is 49.0 cm³/mol. The molecule has 0 aliphatic rings. The summed E-state index contributed by atoms with van der Waals surface area (Å²) in [6.07, 6.45) is 2.02. The zero-order valence-corrected chi connectivity index (χ0v) is 8.30. The number of methoxy groups -OCH3 is 1. The maximum Gasteiger partial charge on any atom is 0.248 e. The van der Waals surface area contributed by atoms with Crippen LogP contribution in [0.1, 0.15) is 26.7 Å². The summed E-state index contributed by atoms with van der Waals surface area (Å²) in [4.78, 5) is 13.2. The van der Waals surface area contributed by atoms with Crippen molar-refractivity contribution >= 4 is 5.91 Å². The molecule has 0 bridgehead atoms. The molecule has 0 unspecified atom stereocenters. The van der Waals surface area contributed by atoms with E-state index in [-0.39, 0.29) is 12.5 Å². The van der Waals surface area contributed by atoms with Crippen LogP contribution in [0.15, 0.2) is 0 Å². The van der Waals surface area contributed by atoms with Crippen LogP contribution < -0.4 is 0 Å². The third kappa shape index (κ3) is 4.34. The lowest BCUT2D eigenvalue weighted by Crippen LogP contribution is -2.35. The third-order valence-corrected chi connectivity index (χ3v) is 1.61. The van der Waals surface area contributed by atoms with Gasteiger partial charge >= 0.3 is 0 Å². The first kappa shape index (κ1) is 11.4. The average Bonchev–Trinajstić information content (AvgIpc) is 2.04. The lowest BCUT2D eigenvalue weighted by Gasteiger charge is -2.20. The fraction of sp³-hybridized carbons (Fsp3) is 0.889. The summed E-state index contributed by atoms with van der Waals surface area (Å²) in [5.74, 6) is 0.0983. The van der Waals surface area contributed by atoms with Crippen molar-refractivity contribution < 1.29 is 9.53 Å². The van der Waals surface area contributed by atoms with Crippen LogP contribution in [0, 0.1) is 0 Å². The van der Waals surface area contributed by atoms with Gasteiger partial charge in [-0.25, -0.2) is 0 Å². The second-order valence-electron chi connectivity index (χ2n) is 2.81. The van der Waals surface area contributed by atoms with Gasteiger partial charge in [-0.1, -0.05) is 13.8 Å². The van der Waals surface area contributed by atoms with E-state index in [1.807, 2.05) is 4.90 Å². The summed E-state index contributed by atoms with van der Waals surface area (Å²) < 4.78 is 4.79. The number of carbonyl (C=O) groups is 1. The van der Waals surface area contributed by atoms with E-state index < -0.39 is 0 Å². The van der Waals surface area contributed by atoms with Crippen molar-refractivity contribution in [3.8, 4) is 0 Å². The molecule has 0 aromatic heterocycles. The van der Waals surface area contributed by atoms with E-state index in [4.69, 9.17) is 4.74 Å². The lowest BCUT2D eigenvalue weighted by atomic mass is 10.3. The highest BCUT2D eigenvalue weighted by Gasteiger charge is 2.09. The minimum atomic E-state index is 0.0983. The molecule has 0 spiro atoms. The molecule has 3 heteroatoms. The smallest absolute Gasteiger partial charge is 0.248 e. The zero-order chi connectivity index (χ0) is 9.40. The summed E-state index contributed by atoms with van der Waals surface area (Å²) in [5, 5.41) is 0. The predicted octanol–water partition coefficient (Wildman–Crippen LogP) is 1.28. The van der Waals surface area contributed by atoms with Crippen LogP contribution in [0.5, 0.6) is 0 Å². The van der Waals surface area contributed by atoms with Crippen LogP contribution in [0.2, 0.25) is 0 Å². The largest absolute Gasteiger partial charge is 0.375 e.